The lowest BCUT2D eigenvalue weighted by atomic mass is 9.78. The van der Waals surface area contributed by atoms with Crippen LogP contribution in [0.3, 0.4) is 0 Å². The normalized spacial score (nSPS) is 36.7. The van der Waals surface area contributed by atoms with Gasteiger partial charge in [0, 0.05) is 13.1 Å². The van der Waals surface area contributed by atoms with Gasteiger partial charge in [0.05, 0.1) is 6.10 Å². The van der Waals surface area contributed by atoms with Crippen molar-refractivity contribution < 1.29 is 9.53 Å². The maximum absolute atomic E-state index is 12.1. The van der Waals surface area contributed by atoms with Crippen LogP contribution >= 0.6 is 0 Å². The standard InChI is InChI=1S/C13H21NO2/c1-10-11(16-10)12(15)14-8-4-7-13(9-14)5-2-3-6-13/h10-11H,2-9H2,1H3/t10-,11+/m0/s1. The van der Waals surface area contributed by atoms with E-state index in [2.05, 4.69) is 4.90 Å². The zero-order valence-electron chi connectivity index (χ0n) is 10.1. The molecule has 0 radical (unpaired) electrons. The van der Waals surface area contributed by atoms with Gasteiger partial charge in [-0.3, -0.25) is 4.79 Å². The third-order valence-electron chi connectivity index (χ3n) is 4.59. The van der Waals surface area contributed by atoms with Gasteiger partial charge in [0.25, 0.3) is 5.91 Å². The molecular formula is C13H21NO2. The molecule has 2 aliphatic heterocycles. The van der Waals surface area contributed by atoms with Crippen LogP contribution in [0, 0.1) is 5.41 Å². The molecule has 2 saturated heterocycles. The van der Waals surface area contributed by atoms with Crippen molar-refractivity contribution in [1.82, 2.24) is 4.90 Å². The first-order valence-electron chi connectivity index (χ1n) is 6.65. The van der Waals surface area contributed by atoms with Crippen LogP contribution in [0.15, 0.2) is 0 Å². The summed E-state index contributed by atoms with van der Waals surface area (Å²) in [6.07, 6.45) is 7.95. The summed E-state index contributed by atoms with van der Waals surface area (Å²) in [4.78, 5) is 14.2. The molecule has 0 aromatic rings. The lowest BCUT2D eigenvalue weighted by Gasteiger charge is -2.40. The molecule has 0 N–H and O–H groups in total. The number of carbonyl (C=O) groups excluding carboxylic acids is 1. The number of hydrogen-bond donors (Lipinski definition) is 0. The number of nitrogens with zero attached hydrogens (tertiary/aromatic N) is 1. The molecule has 1 aliphatic carbocycles. The van der Waals surface area contributed by atoms with E-state index in [1.807, 2.05) is 6.92 Å². The van der Waals surface area contributed by atoms with Crippen LogP contribution in [0.25, 0.3) is 0 Å². The topological polar surface area (TPSA) is 32.8 Å². The molecule has 3 fully saturated rings. The van der Waals surface area contributed by atoms with Crippen molar-refractivity contribution in [3.63, 3.8) is 0 Å². The minimum atomic E-state index is -0.114. The van der Waals surface area contributed by atoms with Gasteiger partial charge in [-0.25, -0.2) is 0 Å². The second-order valence-corrected chi connectivity index (χ2v) is 5.83. The first-order valence-corrected chi connectivity index (χ1v) is 6.65. The summed E-state index contributed by atoms with van der Waals surface area (Å²) in [5.41, 5.74) is 0.478. The summed E-state index contributed by atoms with van der Waals surface area (Å²) >= 11 is 0. The van der Waals surface area contributed by atoms with Gasteiger partial charge >= 0.3 is 0 Å². The van der Waals surface area contributed by atoms with Crippen LogP contribution in [0.4, 0.5) is 0 Å². The Morgan fingerprint density at radius 3 is 2.50 bits per heavy atom. The Bertz CT molecular complexity index is 296. The molecular weight excluding hydrogens is 202 g/mol. The highest BCUT2D eigenvalue weighted by Crippen LogP contribution is 2.45. The summed E-state index contributed by atoms with van der Waals surface area (Å²) in [6.45, 7) is 3.93. The fourth-order valence-corrected chi connectivity index (χ4v) is 3.55. The maximum Gasteiger partial charge on any atom is 0.254 e. The molecule has 2 atom stereocenters. The zero-order valence-corrected chi connectivity index (χ0v) is 10.1. The molecule has 0 aromatic heterocycles. The monoisotopic (exact) mass is 223 g/mol. The number of epoxide rings is 1. The molecule has 3 rings (SSSR count). The minimum Gasteiger partial charge on any atom is -0.359 e. The van der Waals surface area contributed by atoms with Crippen LogP contribution in [0.2, 0.25) is 0 Å². The maximum atomic E-state index is 12.1. The second kappa shape index (κ2) is 3.73. The van der Waals surface area contributed by atoms with Crippen molar-refractivity contribution in [1.29, 1.82) is 0 Å². The van der Waals surface area contributed by atoms with Crippen molar-refractivity contribution in [2.45, 2.75) is 57.7 Å². The second-order valence-electron chi connectivity index (χ2n) is 5.83. The average Bonchev–Trinajstić information content (AvgIpc) is 2.85. The largest absolute Gasteiger partial charge is 0.359 e. The molecule has 1 spiro atoms. The Morgan fingerprint density at radius 2 is 1.88 bits per heavy atom. The summed E-state index contributed by atoms with van der Waals surface area (Å²) in [5, 5.41) is 0. The Labute approximate surface area is 97.1 Å². The Kier molecular flexibility index (Phi) is 2.46. The van der Waals surface area contributed by atoms with Gasteiger partial charge in [0.2, 0.25) is 0 Å². The SMILES string of the molecule is C[C@@H]1O[C@H]1C(=O)N1CCCC2(CCCC2)C1. The molecule has 16 heavy (non-hydrogen) atoms. The zero-order chi connectivity index (χ0) is 11.2. The predicted molar refractivity (Wildman–Crippen MR) is 61.1 cm³/mol. The first-order chi connectivity index (χ1) is 7.70. The van der Waals surface area contributed by atoms with E-state index in [9.17, 15) is 4.79 Å². The molecule has 3 aliphatic rings. The van der Waals surface area contributed by atoms with E-state index in [0.717, 1.165) is 13.1 Å². The van der Waals surface area contributed by atoms with Gasteiger partial charge in [-0.2, -0.15) is 0 Å². The van der Waals surface area contributed by atoms with Crippen LogP contribution in [0.1, 0.15) is 45.4 Å². The highest BCUT2D eigenvalue weighted by Gasteiger charge is 2.46. The van der Waals surface area contributed by atoms with Crippen molar-refractivity contribution in [2.24, 2.45) is 5.41 Å². The van der Waals surface area contributed by atoms with E-state index in [1.165, 1.54) is 38.5 Å². The Balaban J connectivity index is 1.65. The van der Waals surface area contributed by atoms with Crippen LogP contribution in [-0.2, 0) is 9.53 Å². The van der Waals surface area contributed by atoms with Crippen molar-refractivity contribution in [3.8, 4) is 0 Å². The Morgan fingerprint density at radius 1 is 1.25 bits per heavy atom. The summed E-state index contributed by atoms with van der Waals surface area (Å²) in [5.74, 6) is 0.249. The first kappa shape index (κ1) is 10.6. The van der Waals surface area contributed by atoms with Crippen LogP contribution < -0.4 is 0 Å². The lowest BCUT2D eigenvalue weighted by Crippen LogP contribution is -2.46. The molecule has 2 heterocycles. The molecule has 0 bridgehead atoms. The van der Waals surface area contributed by atoms with Crippen LogP contribution in [-0.4, -0.2) is 36.1 Å². The number of ether oxygens (including phenoxy) is 1. The molecule has 1 amide bonds. The lowest BCUT2D eigenvalue weighted by molar-refractivity contribution is -0.136. The molecule has 90 valence electrons. The van der Waals surface area contributed by atoms with Gasteiger partial charge in [-0.05, 0) is 38.0 Å². The fourth-order valence-electron chi connectivity index (χ4n) is 3.55. The van der Waals surface area contributed by atoms with Gasteiger partial charge in [-0.1, -0.05) is 12.8 Å². The van der Waals surface area contributed by atoms with E-state index in [1.54, 1.807) is 0 Å². The minimum absolute atomic E-state index is 0.114. The van der Waals surface area contributed by atoms with E-state index in [4.69, 9.17) is 4.74 Å². The third-order valence-corrected chi connectivity index (χ3v) is 4.59. The van der Waals surface area contributed by atoms with E-state index in [-0.39, 0.29) is 18.1 Å². The molecule has 0 aromatic carbocycles. The number of amides is 1. The molecule has 3 heteroatoms. The number of piperidine rings is 1. The van der Waals surface area contributed by atoms with E-state index >= 15 is 0 Å². The predicted octanol–water partition coefficient (Wildman–Crippen LogP) is 1.96. The third kappa shape index (κ3) is 1.75. The smallest absolute Gasteiger partial charge is 0.254 e. The van der Waals surface area contributed by atoms with Crippen molar-refractivity contribution in [2.75, 3.05) is 13.1 Å². The summed E-state index contributed by atoms with van der Waals surface area (Å²) in [7, 11) is 0. The van der Waals surface area contributed by atoms with E-state index < -0.39 is 0 Å². The number of hydrogen-bond acceptors (Lipinski definition) is 2. The summed E-state index contributed by atoms with van der Waals surface area (Å²) < 4.78 is 5.29. The van der Waals surface area contributed by atoms with Gasteiger partial charge < -0.3 is 9.64 Å². The highest BCUT2D eigenvalue weighted by atomic mass is 16.6. The average molecular weight is 223 g/mol. The van der Waals surface area contributed by atoms with E-state index in [0.29, 0.717) is 5.41 Å². The number of rotatable bonds is 1. The van der Waals surface area contributed by atoms with Gasteiger partial charge in [0.15, 0.2) is 6.10 Å². The molecule has 3 nitrogen and oxygen atoms in total. The number of likely N-dealkylation sites (tertiary alicyclic amines) is 1. The van der Waals surface area contributed by atoms with Gasteiger partial charge in [0.1, 0.15) is 0 Å². The quantitative estimate of drug-likeness (QED) is 0.637. The fraction of sp³-hybridized carbons (Fsp3) is 0.923. The van der Waals surface area contributed by atoms with Gasteiger partial charge in [-0.15, -0.1) is 0 Å². The summed E-state index contributed by atoms with van der Waals surface area (Å²) in [6, 6.07) is 0. The Hall–Kier alpha value is -0.570. The highest BCUT2D eigenvalue weighted by molar-refractivity contribution is 5.83. The van der Waals surface area contributed by atoms with Crippen LogP contribution in [0.5, 0.6) is 0 Å². The number of carbonyl (C=O) groups is 1. The molecule has 0 unspecified atom stereocenters. The molecule has 1 saturated carbocycles. The van der Waals surface area contributed by atoms with Crippen molar-refractivity contribution in [3.05, 3.63) is 0 Å². The van der Waals surface area contributed by atoms with Crippen molar-refractivity contribution >= 4 is 5.91 Å².